The molecule has 3 rings (SSSR count). The summed E-state index contributed by atoms with van der Waals surface area (Å²) in [6.45, 7) is 4.39. The Morgan fingerprint density at radius 3 is 3.05 bits per heavy atom. The number of thiophene rings is 1. The van der Waals surface area contributed by atoms with Crippen molar-refractivity contribution in [1.82, 2.24) is 5.32 Å². The highest BCUT2D eigenvalue weighted by molar-refractivity contribution is 9.10. The quantitative estimate of drug-likeness (QED) is 0.790. The van der Waals surface area contributed by atoms with Crippen molar-refractivity contribution in [3.8, 4) is 0 Å². The maximum atomic E-state index is 3.53. The van der Waals surface area contributed by atoms with Crippen LogP contribution in [-0.2, 0) is 13.0 Å². The second-order valence-corrected chi connectivity index (χ2v) is 7.04. The lowest BCUT2D eigenvalue weighted by Crippen LogP contribution is -2.25. The molecule has 20 heavy (non-hydrogen) atoms. The van der Waals surface area contributed by atoms with Gasteiger partial charge in [0.15, 0.2) is 0 Å². The number of anilines is 1. The number of benzene rings is 1. The van der Waals surface area contributed by atoms with Gasteiger partial charge in [0.1, 0.15) is 0 Å². The first-order valence-electron chi connectivity index (χ1n) is 7.09. The van der Waals surface area contributed by atoms with Gasteiger partial charge in [-0.25, -0.2) is 0 Å². The summed E-state index contributed by atoms with van der Waals surface area (Å²) in [7, 11) is 0. The molecule has 2 aromatic rings. The van der Waals surface area contributed by atoms with Gasteiger partial charge >= 0.3 is 0 Å². The minimum Gasteiger partial charge on any atom is -0.371 e. The fourth-order valence-corrected chi connectivity index (χ4v) is 4.11. The second kappa shape index (κ2) is 6.74. The summed E-state index contributed by atoms with van der Waals surface area (Å²) in [6.07, 6.45) is 2.40. The van der Waals surface area contributed by atoms with Crippen molar-refractivity contribution in [1.29, 1.82) is 0 Å². The summed E-state index contributed by atoms with van der Waals surface area (Å²) in [5.74, 6) is 0. The highest BCUT2D eigenvalue weighted by Gasteiger charge is 2.17. The molecule has 0 bridgehead atoms. The predicted molar refractivity (Wildman–Crippen MR) is 90.7 cm³/mol. The van der Waals surface area contributed by atoms with Crippen LogP contribution >= 0.6 is 27.3 Å². The summed E-state index contributed by atoms with van der Waals surface area (Å²) in [6, 6.07) is 11.0. The van der Waals surface area contributed by atoms with Gasteiger partial charge < -0.3 is 10.2 Å². The lowest BCUT2D eigenvalue weighted by Gasteiger charge is -2.19. The number of hydrogen-bond acceptors (Lipinski definition) is 3. The Morgan fingerprint density at radius 1 is 1.30 bits per heavy atom. The van der Waals surface area contributed by atoms with E-state index in [9.17, 15) is 0 Å². The van der Waals surface area contributed by atoms with Crippen LogP contribution < -0.4 is 10.2 Å². The molecule has 0 fully saturated rings. The average molecular weight is 351 g/mol. The van der Waals surface area contributed by atoms with Crippen molar-refractivity contribution in [2.24, 2.45) is 0 Å². The number of rotatable bonds is 6. The third-order valence-electron chi connectivity index (χ3n) is 3.69. The summed E-state index contributed by atoms with van der Waals surface area (Å²) < 4.78 is 1.19. The number of halogens is 1. The smallest absolute Gasteiger partial charge is 0.0399 e. The average Bonchev–Trinajstić information content (AvgIpc) is 3.05. The molecule has 1 aromatic heterocycles. The predicted octanol–water partition coefficient (Wildman–Crippen LogP) is 4.05. The van der Waals surface area contributed by atoms with Crippen LogP contribution in [0.3, 0.4) is 0 Å². The Hall–Kier alpha value is -0.840. The number of hydrogen-bond donors (Lipinski definition) is 1. The van der Waals surface area contributed by atoms with Crippen molar-refractivity contribution >= 4 is 33.0 Å². The van der Waals surface area contributed by atoms with Crippen molar-refractivity contribution in [2.45, 2.75) is 19.4 Å². The van der Waals surface area contributed by atoms with Gasteiger partial charge in [-0.1, -0.05) is 18.2 Å². The molecule has 2 heterocycles. The SMILES string of the molecule is Brc1csc(CNCCCN2CCc3ccccc32)c1. The monoisotopic (exact) mass is 350 g/mol. The van der Waals surface area contributed by atoms with E-state index in [1.807, 2.05) is 0 Å². The van der Waals surface area contributed by atoms with Crippen molar-refractivity contribution in [2.75, 3.05) is 24.5 Å². The fraction of sp³-hybridized carbons (Fsp3) is 0.375. The molecule has 4 heteroatoms. The molecule has 0 spiro atoms. The summed E-state index contributed by atoms with van der Waals surface area (Å²) in [4.78, 5) is 3.90. The van der Waals surface area contributed by atoms with Crippen molar-refractivity contribution in [3.63, 3.8) is 0 Å². The number of nitrogens with one attached hydrogen (secondary N) is 1. The molecule has 1 aliphatic rings. The zero-order chi connectivity index (χ0) is 13.8. The molecule has 1 aliphatic heterocycles. The summed E-state index contributed by atoms with van der Waals surface area (Å²) in [5.41, 5.74) is 2.94. The van der Waals surface area contributed by atoms with Gasteiger partial charge in [0.25, 0.3) is 0 Å². The normalized spacial score (nSPS) is 13.8. The van der Waals surface area contributed by atoms with E-state index in [4.69, 9.17) is 0 Å². The van der Waals surface area contributed by atoms with E-state index in [0.717, 1.165) is 19.6 Å². The molecule has 0 saturated carbocycles. The minimum absolute atomic E-state index is 0.979. The number of para-hydroxylation sites is 1. The van der Waals surface area contributed by atoms with Crippen molar-refractivity contribution in [3.05, 3.63) is 50.6 Å². The van der Waals surface area contributed by atoms with Gasteiger partial charge in [0.2, 0.25) is 0 Å². The molecule has 1 N–H and O–H groups in total. The molecule has 0 radical (unpaired) electrons. The highest BCUT2D eigenvalue weighted by atomic mass is 79.9. The molecule has 0 aliphatic carbocycles. The first kappa shape index (κ1) is 14.1. The number of nitrogens with zero attached hydrogens (tertiary/aromatic N) is 1. The van der Waals surface area contributed by atoms with E-state index < -0.39 is 0 Å². The summed E-state index contributed by atoms with van der Waals surface area (Å²) in [5, 5.41) is 5.66. The van der Waals surface area contributed by atoms with E-state index in [1.165, 1.54) is 40.0 Å². The maximum absolute atomic E-state index is 3.53. The molecule has 0 unspecified atom stereocenters. The Labute approximate surface area is 132 Å². The van der Waals surface area contributed by atoms with Crippen LogP contribution in [0, 0.1) is 0 Å². The van der Waals surface area contributed by atoms with E-state index >= 15 is 0 Å². The molecule has 0 saturated heterocycles. The minimum atomic E-state index is 0.979. The first-order valence-corrected chi connectivity index (χ1v) is 8.77. The van der Waals surface area contributed by atoms with Crippen LogP contribution in [0.4, 0.5) is 5.69 Å². The fourth-order valence-electron chi connectivity index (χ4n) is 2.69. The van der Waals surface area contributed by atoms with Crippen LogP contribution in [0.5, 0.6) is 0 Å². The van der Waals surface area contributed by atoms with Gasteiger partial charge in [-0.05, 0) is 53.0 Å². The molecule has 0 amide bonds. The number of fused-ring (bicyclic) bond motifs is 1. The zero-order valence-corrected chi connectivity index (χ0v) is 13.8. The standard InChI is InChI=1S/C16H19BrN2S/c17-14-10-15(20-12-14)11-18-7-3-8-19-9-6-13-4-1-2-5-16(13)19/h1-2,4-5,10,12,18H,3,6-9,11H2. The highest BCUT2D eigenvalue weighted by Crippen LogP contribution is 2.27. The Bertz CT molecular complexity index is 567. The van der Waals surface area contributed by atoms with Crippen LogP contribution in [0.2, 0.25) is 0 Å². The Morgan fingerprint density at radius 2 is 2.20 bits per heavy atom. The maximum Gasteiger partial charge on any atom is 0.0399 e. The molecule has 1 aromatic carbocycles. The first-order chi connectivity index (χ1) is 9.83. The molecular formula is C16H19BrN2S. The van der Waals surface area contributed by atoms with Crippen LogP contribution in [0.1, 0.15) is 16.9 Å². The van der Waals surface area contributed by atoms with Gasteiger partial charge in [-0.3, -0.25) is 0 Å². The summed E-state index contributed by atoms with van der Waals surface area (Å²) >= 11 is 5.29. The van der Waals surface area contributed by atoms with Gasteiger partial charge in [-0.2, -0.15) is 0 Å². The van der Waals surface area contributed by atoms with Gasteiger partial charge in [0.05, 0.1) is 0 Å². The van der Waals surface area contributed by atoms with E-state index in [-0.39, 0.29) is 0 Å². The van der Waals surface area contributed by atoms with Gasteiger partial charge in [-0.15, -0.1) is 11.3 Å². The topological polar surface area (TPSA) is 15.3 Å². The molecular weight excluding hydrogens is 332 g/mol. The second-order valence-electron chi connectivity index (χ2n) is 5.13. The lowest BCUT2D eigenvalue weighted by molar-refractivity contribution is 0.642. The Balaban J connectivity index is 1.39. The zero-order valence-electron chi connectivity index (χ0n) is 11.4. The van der Waals surface area contributed by atoms with Crippen molar-refractivity contribution < 1.29 is 0 Å². The van der Waals surface area contributed by atoms with E-state index in [1.54, 1.807) is 11.3 Å². The van der Waals surface area contributed by atoms with E-state index in [2.05, 4.69) is 61.9 Å². The molecule has 2 nitrogen and oxygen atoms in total. The van der Waals surface area contributed by atoms with Crippen LogP contribution in [0.25, 0.3) is 0 Å². The Kier molecular flexibility index (Phi) is 4.76. The molecule has 106 valence electrons. The third kappa shape index (κ3) is 3.43. The largest absolute Gasteiger partial charge is 0.371 e. The molecule has 0 atom stereocenters. The van der Waals surface area contributed by atoms with E-state index in [0.29, 0.717) is 0 Å². The lowest BCUT2D eigenvalue weighted by atomic mass is 10.2. The van der Waals surface area contributed by atoms with Gasteiger partial charge in [0, 0.05) is 40.1 Å². The third-order valence-corrected chi connectivity index (χ3v) is 5.38. The van der Waals surface area contributed by atoms with Crippen LogP contribution in [0.15, 0.2) is 40.2 Å². The van der Waals surface area contributed by atoms with Crippen LogP contribution in [-0.4, -0.2) is 19.6 Å².